The third-order valence-electron chi connectivity index (χ3n) is 2.27. The van der Waals surface area contributed by atoms with Gasteiger partial charge in [0, 0.05) is 6.54 Å². The summed E-state index contributed by atoms with van der Waals surface area (Å²) < 4.78 is 5.27. The first-order valence-electron chi connectivity index (χ1n) is 5.85. The van der Waals surface area contributed by atoms with Crippen LogP contribution in [-0.2, 0) is 4.79 Å². The van der Waals surface area contributed by atoms with E-state index < -0.39 is 6.10 Å². The molecule has 17 heavy (non-hydrogen) atoms. The van der Waals surface area contributed by atoms with Crippen molar-refractivity contribution in [3.8, 4) is 5.75 Å². The summed E-state index contributed by atoms with van der Waals surface area (Å²) in [7, 11) is 0. The van der Waals surface area contributed by atoms with Gasteiger partial charge in [-0.1, -0.05) is 31.5 Å². The van der Waals surface area contributed by atoms with Gasteiger partial charge in [0.2, 0.25) is 0 Å². The third kappa shape index (κ3) is 5.92. The Bertz CT molecular complexity index is 327. The van der Waals surface area contributed by atoms with E-state index in [-0.39, 0.29) is 19.1 Å². The van der Waals surface area contributed by atoms with Crippen LogP contribution in [0.1, 0.15) is 19.8 Å². The van der Waals surface area contributed by atoms with Crippen molar-refractivity contribution in [1.29, 1.82) is 0 Å². The predicted molar refractivity (Wildman–Crippen MR) is 65.9 cm³/mol. The van der Waals surface area contributed by atoms with Crippen LogP contribution in [0.15, 0.2) is 30.3 Å². The van der Waals surface area contributed by atoms with Crippen molar-refractivity contribution in [3.05, 3.63) is 30.3 Å². The van der Waals surface area contributed by atoms with Gasteiger partial charge < -0.3 is 15.2 Å². The number of carbonyl (C=O) groups excluding carboxylic acids is 1. The summed E-state index contributed by atoms with van der Waals surface area (Å²) in [4.78, 5) is 11.4. The number of carbonyl (C=O) groups is 1. The van der Waals surface area contributed by atoms with E-state index in [4.69, 9.17) is 4.74 Å². The van der Waals surface area contributed by atoms with E-state index in [9.17, 15) is 9.90 Å². The molecule has 0 aliphatic rings. The average molecular weight is 237 g/mol. The van der Waals surface area contributed by atoms with Crippen molar-refractivity contribution in [2.24, 2.45) is 0 Å². The SMILES string of the molecule is CCCC(O)CNC(=O)COc1ccccc1. The van der Waals surface area contributed by atoms with Crippen LogP contribution in [0.25, 0.3) is 0 Å². The summed E-state index contributed by atoms with van der Waals surface area (Å²) in [6, 6.07) is 9.16. The van der Waals surface area contributed by atoms with Crippen LogP contribution >= 0.6 is 0 Å². The van der Waals surface area contributed by atoms with Crippen molar-refractivity contribution in [3.63, 3.8) is 0 Å². The lowest BCUT2D eigenvalue weighted by atomic mass is 10.2. The molecule has 4 nitrogen and oxygen atoms in total. The minimum atomic E-state index is -0.472. The molecule has 0 saturated carbocycles. The molecule has 1 aromatic rings. The van der Waals surface area contributed by atoms with Gasteiger partial charge in [-0.3, -0.25) is 4.79 Å². The molecular formula is C13H19NO3. The Kier molecular flexibility index (Phi) is 6.10. The molecule has 1 atom stereocenters. The number of benzene rings is 1. The van der Waals surface area contributed by atoms with E-state index >= 15 is 0 Å². The number of ether oxygens (including phenoxy) is 1. The number of hydrogen-bond acceptors (Lipinski definition) is 3. The molecule has 0 aliphatic carbocycles. The molecule has 1 rings (SSSR count). The van der Waals surface area contributed by atoms with Crippen molar-refractivity contribution < 1.29 is 14.6 Å². The number of para-hydroxylation sites is 1. The summed E-state index contributed by atoms with van der Waals surface area (Å²) in [6.07, 6.45) is 1.12. The van der Waals surface area contributed by atoms with Crippen LogP contribution in [0.4, 0.5) is 0 Å². The van der Waals surface area contributed by atoms with Crippen LogP contribution in [0, 0.1) is 0 Å². The number of aliphatic hydroxyl groups excluding tert-OH is 1. The van der Waals surface area contributed by atoms with Crippen molar-refractivity contribution >= 4 is 5.91 Å². The fraction of sp³-hybridized carbons (Fsp3) is 0.462. The van der Waals surface area contributed by atoms with Gasteiger partial charge in [0.25, 0.3) is 5.91 Å². The second-order valence-corrected chi connectivity index (χ2v) is 3.85. The summed E-state index contributed by atoms with van der Waals surface area (Å²) in [5.74, 6) is 0.445. The summed E-state index contributed by atoms with van der Waals surface area (Å²) in [6.45, 7) is 2.25. The van der Waals surface area contributed by atoms with Gasteiger partial charge in [-0.05, 0) is 18.6 Å². The fourth-order valence-corrected chi connectivity index (χ4v) is 1.38. The Hall–Kier alpha value is -1.55. The molecule has 1 aromatic carbocycles. The van der Waals surface area contributed by atoms with E-state index in [0.717, 1.165) is 6.42 Å². The summed E-state index contributed by atoms with van der Waals surface area (Å²) in [5.41, 5.74) is 0. The lowest BCUT2D eigenvalue weighted by molar-refractivity contribution is -0.123. The molecule has 0 aromatic heterocycles. The molecule has 0 heterocycles. The first kappa shape index (κ1) is 13.5. The van der Waals surface area contributed by atoms with Crippen molar-refractivity contribution in [1.82, 2.24) is 5.32 Å². The van der Waals surface area contributed by atoms with E-state index in [2.05, 4.69) is 5.32 Å². The number of hydrogen-bond donors (Lipinski definition) is 2. The maximum Gasteiger partial charge on any atom is 0.258 e. The molecule has 94 valence electrons. The zero-order chi connectivity index (χ0) is 12.5. The molecule has 1 unspecified atom stereocenters. The predicted octanol–water partition coefficient (Wildman–Crippen LogP) is 1.34. The van der Waals surface area contributed by atoms with Crippen LogP contribution in [0.2, 0.25) is 0 Å². The van der Waals surface area contributed by atoms with Gasteiger partial charge in [-0.2, -0.15) is 0 Å². The Balaban J connectivity index is 2.17. The van der Waals surface area contributed by atoms with Gasteiger partial charge in [0.1, 0.15) is 5.75 Å². The Morgan fingerprint density at radius 1 is 1.41 bits per heavy atom. The fourth-order valence-electron chi connectivity index (χ4n) is 1.38. The highest BCUT2D eigenvalue weighted by Gasteiger charge is 2.06. The zero-order valence-corrected chi connectivity index (χ0v) is 10.1. The Labute approximate surface area is 102 Å². The molecule has 0 fully saturated rings. The molecule has 0 saturated heterocycles. The molecule has 0 spiro atoms. The first-order valence-corrected chi connectivity index (χ1v) is 5.85. The number of nitrogens with one attached hydrogen (secondary N) is 1. The van der Waals surface area contributed by atoms with Gasteiger partial charge in [0.05, 0.1) is 6.10 Å². The van der Waals surface area contributed by atoms with Crippen molar-refractivity contribution in [2.75, 3.05) is 13.2 Å². The summed E-state index contributed by atoms with van der Waals surface area (Å²) >= 11 is 0. The molecular weight excluding hydrogens is 218 g/mol. The quantitative estimate of drug-likeness (QED) is 0.752. The normalized spacial score (nSPS) is 11.9. The molecule has 0 radical (unpaired) electrons. The lowest BCUT2D eigenvalue weighted by Crippen LogP contribution is -2.35. The highest BCUT2D eigenvalue weighted by atomic mass is 16.5. The van der Waals surface area contributed by atoms with Crippen LogP contribution in [-0.4, -0.2) is 30.3 Å². The highest BCUT2D eigenvalue weighted by molar-refractivity contribution is 5.77. The van der Waals surface area contributed by atoms with E-state index in [1.165, 1.54) is 0 Å². The largest absolute Gasteiger partial charge is 0.484 e. The molecule has 0 bridgehead atoms. The zero-order valence-electron chi connectivity index (χ0n) is 10.1. The second-order valence-electron chi connectivity index (χ2n) is 3.85. The highest BCUT2D eigenvalue weighted by Crippen LogP contribution is 2.07. The van der Waals surface area contributed by atoms with Gasteiger partial charge in [-0.25, -0.2) is 0 Å². The first-order chi connectivity index (χ1) is 8.22. The molecule has 0 aliphatic heterocycles. The van der Waals surface area contributed by atoms with E-state index in [1.807, 2.05) is 25.1 Å². The Morgan fingerprint density at radius 3 is 2.76 bits per heavy atom. The van der Waals surface area contributed by atoms with Crippen molar-refractivity contribution in [2.45, 2.75) is 25.9 Å². The number of aliphatic hydroxyl groups is 1. The number of amides is 1. The standard InChI is InChI=1S/C13H19NO3/c1-2-6-11(15)9-14-13(16)10-17-12-7-4-3-5-8-12/h3-5,7-8,11,15H,2,6,9-10H2,1H3,(H,14,16). The van der Waals surface area contributed by atoms with E-state index in [0.29, 0.717) is 12.2 Å². The molecule has 1 amide bonds. The lowest BCUT2D eigenvalue weighted by Gasteiger charge is -2.11. The van der Waals surface area contributed by atoms with E-state index in [1.54, 1.807) is 12.1 Å². The molecule has 4 heteroatoms. The van der Waals surface area contributed by atoms with Gasteiger partial charge in [-0.15, -0.1) is 0 Å². The minimum Gasteiger partial charge on any atom is -0.484 e. The maximum atomic E-state index is 11.4. The second kappa shape index (κ2) is 7.68. The van der Waals surface area contributed by atoms with Crippen LogP contribution in [0.5, 0.6) is 5.75 Å². The third-order valence-corrected chi connectivity index (χ3v) is 2.27. The molecule has 2 N–H and O–H groups in total. The van der Waals surface area contributed by atoms with Gasteiger partial charge >= 0.3 is 0 Å². The Morgan fingerprint density at radius 2 is 2.12 bits per heavy atom. The van der Waals surface area contributed by atoms with Gasteiger partial charge in [0.15, 0.2) is 6.61 Å². The smallest absolute Gasteiger partial charge is 0.258 e. The summed E-state index contributed by atoms with van der Waals surface area (Å²) in [5, 5.41) is 12.1. The van der Waals surface area contributed by atoms with Crippen LogP contribution < -0.4 is 10.1 Å². The maximum absolute atomic E-state index is 11.4. The average Bonchev–Trinajstić information content (AvgIpc) is 2.35. The van der Waals surface area contributed by atoms with Crippen LogP contribution in [0.3, 0.4) is 0 Å². The topological polar surface area (TPSA) is 58.6 Å². The minimum absolute atomic E-state index is 0.0249. The number of rotatable bonds is 7. The monoisotopic (exact) mass is 237 g/mol.